The summed E-state index contributed by atoms with van der Waals surface area (Å²) in [6, 6.07) is 6.65. The van der Waals surface area contributed by atoms with E-state index >= 15 is 0 Å². The first-order chi connectivity index (χ1) is 9.10. The maximum Gasteiger partial charge on any atom is 0.129 e. The van der Waals surface area contributed by atoms with Crippen LogP contribution >= 0.6 is 0 Å². The molecule has 3 nitrogen and oxygen atoms in total. The number of benzene rings is 1. The highest BCUT2D eigenvalue weighted by Gasteiger charge is 2.28. The van der Waals surface area contributed by atoms with Gasteiger partial charge in [0.25, 0.3) is 0 Å². The van der Waals surface area contributed by atoms with Crippen LogP contribution in [0, 0.1) is 5.82 Å². The first-order valence-electron chi connectivity index (χ1n) is 6.85. The van der Waals surface area contributed by atoms with E-state index in [1.54, 1.807) is 18.2 Å². The van der Waals surface area contributed by atoms with E-state index < -0.39 is 0 Å². The maximum absolute atomic E-state index is 13.8. The van der Waals surface area contributed by atoms with Crippen LogP contribution in [0.25, 0.3) is 0 Å². The van der Waals surface area contributed by atoms with Gasteiger partial charge in [-0.2, -0.15) is 0 Å². The zero-order valence-corrected chi connectivity index (χ0v) is 11.5. The fourth-order valence-electron chi connectivity index (χ4n) is 2.68. The largest absolute Gasteiger partial charge is 0.375 e. The van der Waals surface area contributed by atoms with Gasteiger partial charge in [-0.05, 0) is 32.8 Å². The Balaban J connectivity index is 2.05. The zero-order chi connectivity index (χ0) is 13.8. The first-order valence-corrected chi connectivity index (χ1v) is 6.85. The maximum atomic E-state index is 13.8. The standard InChI is InChI=1S/C15H22FNO2/c1-10-7-12(8-11(2)18-10)19-15(9-17)13-5-3-4-6-14(13)16/h3-6,10-12,15H,7-9,17H2,1-2H3. The number of hydrogen-bond donors (Lipinski definition) is 1. The second-order valence-electron chi connectivity index (χ2n) is 5.23. The van der Waals surface area contributed by atoms with Crippen LogP contribution in [0.2, 0.25) is 0 Å². The molecule has 1 fully saturated rings. The molecule has 1 saturated heterocycles. The van der Waals surface area contributed by atoms with Crippen molar-refractivity contribution in [1.82, 2.24) is 0 Å². The van der Waals surface area contributed by atoms with Gasteiger partial charge in [0.15, 0.2) is 0 Å². The van der Waals surface area contributed by atoms with Gasteiger partial charge in [-0.3, -0.25) is 0 Å². The van der Waals surface area contributed by atoms with Gasteiger partial charge >= 0.3 is 0 Å². The van der Waals surface area contributed by atoms with Crippen molar-refractivity contribution in [1.29, 1.82) is 0 Å². The second-order valence-corrected chi connectivity index (χ2v) is 5.23. The third kappa shape index (κ3) is 3.75. The van der Waals surface area contributed by atoms with Crippen LogP contribution in [0.15, 0.2) is 24.3 Å². The molecular formula is C15H22FNO2. The molecule has 0 aromatic heterocycles. The molecule has 106 valence electrons. The first kappa shape index (κ1) is 14.4. The summed E-state index contributed by atoms with van der Waals surface area (Å²) < 4.78 is 25.5. The molecule has 3 unspecified atom stereocenters. The van der Waals surface area contributed by atoms with Crippen molar-refractivity contribution in [3.63, 3.8) is 0 Å². The van der Waals surface area contributed by atoms with Gasteiger partial charge in [0.2, 0.25) is 0 Å². The molecule has 0 saturated carbocycles. The molecule has 2 rings (SSSR count). The Bertz CT molecular complexity index is 403. The Morgan fingerprint density at radius 3 is 2.53 bits per heavy atom. The fourth-order valence-corrected chi connectivity index (χ4v) is 2.68. The van der Waals surface area contributed by atoms with E-state index in [9.17, 15) is 4.39 Å². The van der Waals surface area contributed by atoms with Gasteiger partial charge < -0.3 is 15.2 Å². The minimum Gasteiger partial charge on any atom is -0.375 e. The van der Waals surface area contributed by atoms with Gasteiger partial charge in [-0.1, -0.05) is 18.2 Å². The van der Waals surface area contributed by atoms with Crippen molar-refractivity contribution < 1.29 is 13.9 Å². The highest BCUT2D eigenvalue weighted by Crippen LogP contribution is 2.28. The van der Waals surface area contributed by atoms with E-state index in [-0.39, 0.29) is 36.8 Å². The van der Waals surface area contributed by atoms with Crippen molar-refractivity contribution in [2.24, 2.45) is 5.73 Å². The molecule has 2 N–H and O–H groups in total. The zero-order valence-electron chi connectivity index (χ0n) is 11.5. The predicted octanol–water partition coefficient (Wildman–Crippen LogP) is 2.80. The summed E-state index contributed by atoms with van der Waals surface area (Å²) in [4.78, 5) is 0. The van der Waals surface area contributed by atoms with E-state index in [4.69, 9.17) is 15.2 Å². The lowest BCUT2D eigenvalue weighted by molar-refractivity contribution is -0.121. The number of hydrogen-bond acceptors (Lipinski definition) is 3. The van der Waals surface area contributed by atoms with E-state index in [1.165, 1.54) is 6.07 Å². The van der Waals surface area contributed by atoms with E-state index in [1.807, 2.05) is 13.8 Å². The van der Waals surface area contributed by atoms with Crippen LogP contribution in [-0.2, 0) is 9.47 Å². The van der Waals surface area contributed by atoms with Gasteiger partial charge in [-0.15, -0.1) is 0 Å². The topological polar surface area (TPSA) is 44.5 Å². The lowest BCUT2D eigenvalue weighted by Gasteiger charge is -2.34. The monoisotopic (exact) mass is 267 g/mol. The van der Waals surface area contributed by atoms with Crippen LogP contribution in [0.4, 0.5) is 4.39 Å². The quantitative estimate of drug-likeness (QED) is 0.912. The Labute approximate surface area is 113 Å². The molecule has 1 aliphatic rings. The van der Waals surface area contributed by atoms with E-state index in [0.717, 1.165) is 12.8 Å². The Hall–Kier alpha value is -0.970. The minimum atomic E-state index is -0.385. The Kier molecular flexibility index (Phi) is 4.91. The molecular weight excluding hydrogens is 245 g/mol. The van der Waals surface area contributed by atoms with Crippen LogP contribution in [0.3, 0.4) is 0 Å². The molecule has 4 heteroatoms. The number of nitrogens with two attached hydrogens (primary N) is 1. The molecule has 1 aromatic rings. The summed E-state index contributed by atoms with van der Waals surface area (Å²) >= 11 is 0. The predicted molar refractivity (Wildman–Crippen MR) is 72.3 cm³/mol. The van der Waals surface area contributed by atoms with Crippen LogP contribution in [0.1, 0.15) is 38.4 Å². The van der Waals surface area contributed by atoms with Gasteiger partial charge in [0.1, 0.15) is 5.82 Å². The Morgan fingerprint density at radius 2 is 1.95 bits per heavy atom. The number of ether oxygens (including phenoxy) is 2. The molecule has 1 heterocycles. The van der Waals surface area contributed by atoms with Gasteiger partial charge in [0, 0.05) is 12.1 Å². The lowest BCUT2D eigenvalue weighted by atomic mass is 10.0. The molecule has 0 aliphatic carbocycles. The van der Waals surface area contributed by atoms with Crippen LogP contribution in [0.5, 0.6) is 0 Å². The molecule has 0 amide bonds. The summed E-state index contributed by atoms with van der Waals surface area (Å²) in [7, 11) is 0. The van der Waals surface area contributed by atoms with Crippen molar-refractivity contribution in [2.75, 3.05) is 6.54 Å². The number of halogens is 1. The molecule has 19 heavy (non-hydrogen) atoms. The number of rotatable bonds is 4. The summed E-state index contributed by atoms with van der Waals surface area (Å²) in [6.45, 7) is 4.35. The third-order valence-electron chi connectivity index (χ3n) is 3.48. The molecule has 3 atom stereocenters. The molecule has 0 bridgehead atoms. The average molecular weight is 267 g/mol. The van der Waals surface area contributed by atoms with E-state index in [0.29, 0.717) is 5.56 Å². The third-order valence-corrected chi connectivity index (χ3v) is 3.48. The Morgan fingerprint density at radius 1 is 1.32 bits per heavy atom. The second kappa shape index (κ2) is 6.46. The van der Waals surface area contributed by atoms with Crippen molar-refractivity contribution in [2.45, 2.75) is 51.1 Å². The molecule has 0 radical (unpaired) electrons. The van der Waals surface area contributed by atoms with Crippen LogP contribution < -0.4 is 5.73 Å². The minimum absolute atomic E-state index is 0.0758. The average Bonchev–Trinajstić information content (AvgIpc) is 2.36. The summed E-state index contributed by atoms with van der Waals surface area (Å²) in [5.41, 5.74) is 6.28. The summed E-state index contributed by atoms with van der Waals surface area (Å²) in [5, 5.41) is 0. The molecule has 1 aromatic carbocycles. The summed E-state index contributed by atoms with van der Waals surface area (Å²) in [6.07, 6.45) is 1.70. The highest BCUT2D eigenvalue weighted by atomic mass is 19.1. The fraction of sp³-hybridized carbons (Fsp3) is 0.600. The van der Waals surface area contributed by atoms with Crippen molar-refractivity contribution >= 4 is 0 Å². The summed E-state index contributed by atoms with van der Waals surface area (Å²) in [5.74, 6) is -0.258. The van der Waals surface area contributed by atoms with E-state index in [2.05, 4.69) is 0 Å². The molecule has 1 aliphatic heterocycles. The smallest absolute Gasteiger partial charge is 0.129 e. The van der Waals surface area contributed by atoms with Crippen molar-refractivity contribution in [3.8, 4) is 0 Å². The SMILES string of the molecule is CC1CC(OC(CN)c2ccccc2F)CC(C)O1. The normalized spacial score (nSPS) is 29.2. The van der Waals surface area contributed by atoms with Crippen molar-refractivity contribution in [3.05, 3.63) is 35.6 Å². The molecule has 0 spiro atoms. The highest BCUT2D eigenvalue weighted by molar-refractivity contribution is 5.20. The lowest BCUT2D eigenvalue weighted by Crippen LogP contribution is -2.36. The van der Waals surface area contributed by atoms with Gasteiger partial charge in [-0.25, -0.2) is 4.39 Å². The van der Waals surface area contributed by atoms with Gasteiger partial charge in [0.05, 0.1) is 24.4 Å². The van der Waals surface area contributed by atoms with Crippen LogP contribution in [-0.4, -0.2) is 24.9 Å².